The Morgan fingerprint density at radius 3 is 2.44 bits per heavy atom. The first-order valence-corrected chi connectivity index (χ1v) is 13.7. The number of rotatable bonds is 10. The van der Waals surface area contributed by atoms with E-state index in [0.29, 0.717) is 23.1 Å². The molecule has 0 aliphatic carbocycles. The number of sulfone groups is 1. The Labute approximate surface area is 204 Å². The number of aromatic nitrogens is 1. The van der Waals surface area contributed by atoms with Gasteiger partial charge in [0.1, 0.15) is 0 Å². The minimum atomic E-state index is -3.40. The number of fused-ring (bicyclic) bond motifs is 1. The van der Waals surface area contributed by atoms with Crippen molar-refractivity contribution < 1.29 is 13.2 Å². The van der Waals surface area contributed by atoms with E-state index in [1.807, 2.05) is 43.5 Å². The highest BCUT2D eigenvalue weighted by molar-refractivity contribution is 7.98. The van der Waals surface area contributed by atoms with E-state index in [4.69, 9.17) is 4.98 Å². The molecule has 174 valence electrons. The Bertz CT molecular complexity index is 1140. The highest BCUT2D eigenvalue weighted by Gasteiger charge is 2.22. The molecule has 6 nitrogen and oxygen atoms in total. The van der Waals surface area contributed by atoms with Gasteiger partial charge in [-0.3, -0.25) is 9.69 Å². The number of carbonyl (C=O) groups excluding carboxylic acids is 1. The van der Waals surface area contributed by atoms with Gasteiger partial charge in [0.2, 0.25) is 5.91 Å². The van der Waals surface area contributed by atoms with Gasteiger partial charge in [0.25, 0.3) is 0 Å². The maximum Gasteiger partial charge on any atom is 0.228 e. The van der Waals surface area contributed by atoms with E-state index in [2.05, 4.69) is 0 Å². The number of amides is 1. The van der Waals surface area contributed by atoms with Gasteiger partial charge in [0, 0.05) is 24.4 Å². The normalized spacial score (nSPS) is 11.5. The molecule has 0 saturated heterocycles. The molecule has 0 saturated carbocycles. The van der Waals surface area contributed by atoms with Crippen molar-refractivity contribution in [2.45, 2.75) is 22.6 Å². The molecule has 10 heteroatoms. The highest BCUT2D eigenvalue weighted by Crippen LogP contribution is 2.34. The van der Waals surface area contributed by atoms with Gasteiger partial charge < -0.3 is 4.90 Å². The van der Waals surface area contributed by atoms with E-state index in [9.17, 15) is 13.2 Å². The molecule has 1 amide bonds. The van der Waals surface area contributed by atoms with Crippen LogP contribution in [0.5, 0.6) is 0 Å². The molecule has 1 heterocycles. The van der Waals surface area contributed by atoms with E-state index >= 15 is 0 Å². The van der Waals surface area contributed by atoms with Crippen LogP contribution in [0.15, 0.2) is 58.3 Å². The lowest BCUT2D eigenvalue weighted by molar-refractivity contribution is -0.118. The van der Waals surface area contributed by atoms with Crippen molar-refractivity contribution in [3.05, 3.63) is 48.5 Å². The van der Waals surface area contributed by atoms with E-state index in [1.54, 1.807) is 47.0 Å². The number of hydrogen-bond acceptors (Lipinski definition) is 7. The molecule has 3 aromatic rings. The minimum absolute atomic E-state index is 0. The third kappa shape index (κ3) is 6.68. The lowest BCUT2D eigenvalue weighted by Crippen LogP contribution is -2.36. The summed E-state index contributed by atoms with van der Waals surface area (Å²) in [6.07, 6.45) is 2.44. The lowest BCUT2D eigenvalue weighted by Gasteiger charge is -2.22. The van der Waals surface area contributed by atoms with Crippen molar-refractivity contribution in [3.8, 4) is 0 Å². The van der Waals surface area contributed by atoms with E-state index in [0.717, 1.165) is 15.1 Å². The number of benzene rings is 2. The minimum Gasteiger partial charge on any atom is -0.308 e. The first kappa shape index (κ1) is 26.6. The van der Waals surface area contributed by atoms with Crippen LogP contribution >= 0.6 is 35.5 Å². The summed E-state index contributed by atoms with van der Waals surface area (Å²) in [6, 6.07) is 14.4. The first-order valence-electron chi connectivity index (χ1n) is 9.98. The number of halogens is 1. The van der Waals surface area contributed by atoms with Crippen LogP contribution in [0.3, 0.4) is 0 Å². The molecular formula is C22H28ClN3O3S3. The fourth-order valence-electron chi connectivity index (χ4n) is 3.11. The van der Waals surface area contributed by atoms with Gasteiger partial charge in [0.15, 0.2) is 15.0 Å². The van der Waals surface area contributed by atoms with Crippen LogP contribution in [-0.2, 0) is 14.6 Å². The summed E-state index contributed by atoms with van der Waals surface area (Å²) in [4.78, 5) is 22.9. The van der Waals surface area contributed by atoms with Crippen LogP contribution in [0.25, 0.3) is 10.2 Å². The summed E-state index contributed by atoms with van der Waals surface area (Å²) < 4.78 is 26.1. The molecule has 0 radical (unpaired) electrons. The Hall–Kier alpha value is -1.65. The molecular weight excluding hydrogens is 486 g/mol. The highest BCUT2D eigenvalue weighted by atomic mass is 35.5. The van der Waals surface area contributed by atoms with Gasteiger partial charge in [-0.05, 0) is 51.0 Å². The second kappa shape index (κ2) is 12.0. The standard InChI is InChI=1S/C22H27N3O3S3.ClH/c1-24(2)14-15-25(22-23-21-18(29-3)11-7-12-19(21)30-22)20(26)13-8-16-31(27,28)17-9-5-4-6-10-17;/h4-7,9-12H,8,13-16H2,1-3H3;1H. The molecule has 0 bridgehead atoms. The van der Waals surface area contributed by atoms with Crippen LogP contribution < -0.4 is 4.90 Å². The van der Waals surface area contributed by atoms with E-state index < -0.39 is 9.84 Å². The number of carbonyl (C=O) groups is 1. The summed E-state index contributed by atoms with van der Waals surface area (Å²) in [7, 11) is 0.519. The Morgan fingerprint density at radius 2 is 1.78 bits per heavy atom. The largest absolute Gasteiger partial charge is 0.308 e. The predicted molar refractivity (Wildman–Crippen MR) is 137 cm³/mol. The van der Waals surface area contributed by atoms with E-state index in [-0.39, 0.29) is 36.9 Å². The van der Waals surface area contributed by atoms with Crippen LogP contribution in [0.1, 0.15) is 12.8 Å². The van der Waals surface area contributed by atoms with Crippen molar-refractivity contribution in [2.75, 3.05) is 44.1 Å². The molecule has 0 aliphatic rings. The number of hydrogen-bond donors (Lipinski definition) is 0. The average Bonchev–Trinajstić information content (AvgIpc) is 3.18. The molecule has 0 N–H and O–H groups in total. The Morgan fingerprint density at radius 1 is 1.06 bits per heavy atom. The van der Waals surface area contributed by atoms with Gasteiger partial charge in [-0.15, -0.1) is 24.2 Å². The number of thiazole rings is 1. The summed E-state index contributed by atoms with van der Waals surface area (Å²) in [5.41, 5.74) is 0.907. The average molecular weight is 514 g/mol. The quantitative estimate of drug-likeness (QED) is 0.369. The van der Waals surface area contributed by atoms with Gasteiger partial charge in [0.05, 0.1) is 20.9 Å². The second-order valence-electron chi connectivity index (χ2n) is 7.39. The zero-order chi connectivity index (χ0) is 22.4. The second-order valence-corrected chi connectivity index (χ2v) is 11.4. The van der Waals surface area contributed by atoms with Crippen molar-refractivity contribution in [1.82, 2.24) is 9.88 Å². The third-order valence-electron chi connectivity index (χ3n) is 4.80. The monoisotopic (exact) mass is 513 g/mol. The maximum atomic E-state index is 13.1. The predicted octanol–water partition coefficient (Wildman–Crippen LogP) is 4.59. The van der Waals surface area contributed by atoms with Crippen LogP contribution in [0.2, 0.25) is 0 Å². The van der Waals surface area contributed by atoms with Crippen molar-refractivity contribution in [3.63, 3.8) is 0 Å². The lowest BCUT2D eigenvalue weighted by atomic mass is 10.3. The summed E-state index contributed by atoms with van der Waals surface area (Å²) in [6.45, 7) is 1.20. The number of anilines is 1. The van der Waals surface area contributed by atoms with Gasteiger partial charge in [-0.2, -0.15) is 0 Å². The van der Waals surface area contributed by atoms with Crippen LogP contribution in [-0.4, -0.2) is 63.4 Å². The molecule has 0 unspecified atom stereocenters. The van der Waals surface area contributed by atoms with Gasteiger partial charge in [-0.1, -0.05) is 35.6 Å². The molecule has 0 fully saturated rings. The van der Waals surface area contributed by atoms with Gasteiger partial charge >= 0.3 is 0 Å². The van der Waals surface area contributed by atoms with E-state index in [1.165, 1.54) is 11.3 Å². The third-order valence-corrected chi connectivity index (χ3v) is 8.43. The first-order chi connectivity index (χ1) is 14.8. The molecule has 0 atom stereocenters. The zero-order valence-electron chi connectivity index (χ0n) is 18.4. The van der Waals surface area contributed by atoms with Crippen molar-refractivity contribution >= 4 is 66.6 Å². The van der Waals surface area contributed by atoms with Gasteiger partial charge in [-0.25, -0.2) is 13.4 Å². The summed E-state index contributed by atoms with van der Waals surface area (Å²) in [5, 5.41) is 0.661. The Balaban J connectivity index is 0.00000363. The molecule has 1 aromatic heterocycles. The Kier molecular flexibility index (Phi) is 9.97. The molecule has 0 aliphatic heterocycles. The topological polar surface area (TPSA) is 70.6 Å². The number of thioether (sulfide) groups is 1. The number of likely N-dealkylation sites (N-methyl/N-ethyl adjacent to an activating group) is 1. The molecule has 32 heavy (non-hydrogen) atoms. The SMILES string of the molecule is CSc1cccc2sc(N(CCN(C)C)C(=O)CCCS(=O)(=O)c3ccccc3)nc12.Cl. The molecule has 0 spiro atoms. The summed E-state index contributed by atoms with van der Waals surface area (Å²) in [5.74, 6) is -0.157. The fraction of sp³-hybridized carbons (Fsp3) is 0.364. The zero-order valence-corrected chi connectivity index (χ0v) is 21.6. The van der Waals surface area contributed by atoms with Crippen molar-refractivity contribution in [1.29, 1.82) is 0 Å². The molecule has 2 aromatic carbocycles. The maximum absolute atomic E-state index is 13.1. The number of para-hydroxylation sites is 1. The summed E-state index contributed by atoms with van der Waals surface area (Å²) >= 11 is 3.12. The van der Waals surface area contributed by atoms with Crippen LogP contribution in [0, 0.1) is 0 Å². The fourth-order valence-corrected chi connectivity index (χ4v) is 6.11. The van der Waals surface area contributed by atoms with Crippen molar-refractivity contribution in [2.24, 2.45) is 0 Å². The molecule has 3 rings (SSSR count). The number of nitrogens with zero attached hydrogens (tertiary/aromatic N) is 3. The smallest absolute Gasteiger partial charge is 0.228 e. The van der Waals surface area contributed by atoms with Crippen LogP contribution in [0.4, 0.5) is 5.13 Å².